The van der Waals surface area contributed by atoms with E-state index in [4.69, 9.17) is 0 Å². The number of halogens is 1. The van der Waals surface area contributed by atoms with Crippen molar-refractivity contribution in [3.8, 4) is 5.75 Å². The number of rotatable bonds is 2. The monoisotopic (exact) mass is 326 g/mol. The van der Waals surface area contributed by atoms with E-state index in [9.17, 15) is 9.90 Å². The zero-order chi connectivity index (χ0) is 14.0. The number of benzene rings is 1. The fourth-order valence-corrected chi connectivity index (χ4v) is 2.59. The van der Waals surface area contributed by atoms with E-state index in [-0.39, 0.29) is 17.7 Å². The highest BCUT2D eigenvalue weighted by Gasteiger charge is 2.24. The van der Waals surface area contributed by atoms with Gasteiger partial charge in [0, 0.05) is 24.2 Å². The molecule has 2 N–H and O–H groups in total. The topological polar surface area (TPSA) is 52.6 Å². The lowest BCUT2D eigenvalue weighted by molar-refractivity contribution is 0.0896. The molecule has 1 saturated heterocycles. The first-order valence-corrected chi connectivity index (χ1v) is 7.26. The maximum atomic E-state index is 12.1. The Morgan fingerprint density at radius 2 is 2.26 bits per heavy atom. The van der Waals surface area contributed by atoms with Crippen molar-refractivity contribution in [3.05, 3.63) is 28.2 Å². The molecule has 19 heavy (non-hydrogen) atoms. The molecule has 1 aliphatic rings. The summed E-state index contributed by atoms with van der Waals surface area (Å²) in [5.74, 6) is -0.0334. The predicted molar refractivity (Wildman–Crippen MR) is 78.4 cm³/mol. The molecule has 104 valence electrons. The van der Waals surface area contributed by atoms with Crippen LogP contribution in [0.3, 0.4) is 0 Å². The van der Waals surface area contributed by atoms with E-state index in [2.05, 4.69) is 40.1 Å². The van der Waals surface area contributed by atoms with Crippen molar-refractivity contribution < 1.29 is 9.90 Å². The molecule has 1 aromatic rings. The molecular formula is C14H19BrN2O2. The highest BCUT2D eigenvalue weighted by atomic mass is 79.9. The number of hydrogen-bond acceptors (Lipinski definition) is 3. The summed E-state index contributed by atoms with van der Waals surface area (Å²) in [5.41, 5.74) is 0.493. The van der Waals surface area contributed by atoms with Crippen molar-refractivity contribution >= 4 is 21.8 Å². The smallest absolute Gasteiger partial charge is 0.251 e. The molecule has 1 heterocycles. The van der Waals surface area contributed by atoms with E-state index in [1.54, 1.807) is 12.1 Å². The molecule has 0 bridgehead atoms. The Bertz CT molecular complexity index is 479. The van der Waals surface area contributed by atoms with Gasteiger partial charge in [-0.1, -0.05) is 0 Å². The van der Waals surface area contributed by atoms with Crippen molar-refractivity contribution in [1.29, 1.82) is 0 Å². The van der Waals surface area contributed by atoms with Gasteiger partial charge in [-0.15, -0.1) is 0 Å². The Labute approximate surface area is 121 Å². The minimum Gasteiger partial charge on any atom is -0.507 e. The fourth-order valence-electron chi connectivity index (χ4n) is 2.34. The lowest BCUT2D eigenvalue weighted by atomic mass is 9.98. The molecule has 1 aliphatic heterocycles. The average Bonchev–Trinajstić information content (AvgIpc) is 2.37. The van der Waals surface area contributed by atoms with Crippen molar-refractivity contribution in [2.75, 3.05) is 13.6 Å². The number of likely N-dealkylation sites (tertiary alicyclic amines) is 1. The summed E-state index contributed by atoms with van der Waals surface area (Å²) in [5, 5.41) is 12.6. The summed E-state index contributed by atoms with van der Waals surface area (Å²) in [6.07, 6.45) is 1.93. The van der Waals surface area contributed by atoms with Crippen LogP contribution in [-0.4, -0.2) is 41.6 Å². The second kappa shape index (κ2) is 5.92. The van der Waals surface area contributed by atoms with Gasteiger partial charge in [-0.2, -0.15) is 0 Å². The van der Waals surface area contributed by atoms with E-state index >= 15 is 0 Å². The van der Waals surface area contributed by atoms with E-state index in [0.29, 0.717) is 16.1 Å². The normalized spacial score (nSPS) is 24.2. The second-order valence-corrected chi connectivity index (χ2v) is 6.04. The van der Waals surface area contributed by atoms with Crippen LogP contribution in [0.2, 0.25) is 0 Å². The average molecular weight is 327 g/mol. The molecule has 1 fully saturated rings. The van der Waals surface area contributed by atoms with E-state index in [1.807, 2.05) is 0 Å². The Morgan fingerprint density at radius 3 is 2.89 bits per heavy atom. The number of phenols is 1. The SMILES string of the molecule is CC1CC(NC(=O)c2ccc(Br)c(O)c2)CCN1C. The minimum absolute atomic E-state index is 0.0874. The molecule has 0 spiro atoms. The van der Waals surface area contributed by atoms with Gasteiger partial charge in [-0.3, -0.25) is 4.79 Å². The van der Waals surface area contributed by atoms with E-state index in [1.165, 1.54) is 6.07 Å². The van der Waals surface area contributed by atoms with Gasteiger partial charge in [0.05, 0.1) is 4.47 Å². The van der Waals surface area contributed by atoms with Crippen molar-refractivity contribution in [2.45, 2.75) is 31.8 Å². The van der Waals surface area contributed by atoms with Crippen LogP contribution in [0.4, 0.5) is 0 Å². The first kappa shape index (κ1) is 14.3. The third kappa shape index (κ3) is 3.48. The number of carbonyl (C=O) groups is 1. The second-order valence-electron chi connectivity index (χ2n) is 5.19. The fraction of sp³-hybridized carbons (Fsp3) is 0.500. The number of amides is 1. The van der Waals surface area contributed by atoms with Crippen LogP contribution in [0.1, 0.15) is 30.1 Å². The molecule has 0 aliphatic carbocycles. The van der Waals surface area contributed by atoms with Crippen LogP contribution < -0.4 is 5.32 Å². The molecule has 2 unspecified atom stereocenters. The van der Waals surface area contributed by atoms with Gasteiger partial charge in [-0.05, 0) is 60.9 Å². The van der Waals surface area contributed by atoms with Crippen molar-refractivity contribution in [1.82, 2.24) is 10.2 Å². The van der Waals surface area contributed by atoms with Gasteiger partial charge in [0.1, 0.15) is 5.75 Å². The van der Waals surface area contributed by atoms with E-state index in [0.717, 1.165) is 19.4 Å². The van der Waals surface area contributed by atoms with Crippen LogP contribution in [0, 0.1) is 0 Å². The van der Waals surface area contributed by atoms with Gasteiger partial charge in [0.2, 0.25) is 0 Å². The van der Waals surface area contributed by atoms with Crippen LogP contribution in [-0.2, 0) is 0 Å². The maximum Gasteiger partial charge on any atom is 0.251 e. The summed E-state index contributed by atoms with van der Waals surface area (Å²) < 4.78 is 0.594. The largest absolute Gasteiger partial charge is 0.507 e. The maximum absolute atomic E-state index is 12.1. The highest BCUT2D eigenvalue weighted by Crippen LogP contribution is 2.24. The molecule has 4 nitrogen and oxygen atoms in total. The van der Waals surface area contributed by atoms with Crippen LogP contribution in [0.25, 0.3) is 0 Å². The van der Waals surface area contributed by atoms with Gasteiger partial charge in [0.25, 0.3) is 5.91 Å². The number of nitrogens with one attached hydrogen (secondary N) is 1. The number of carbonyl (C=O) groups excluding carboxylic acids is 1. The van der Waals surface area contributed by atoms with Gasteiger partial charge < -0.3 is 15.3 Å². The number of phenolic OH excluding ortho intramolecular Hbond substituents is 1. The summed E-state index contributed by atoms with van der Waals surface area (Å²) in [7, 11) is 2.11. The van der Waals surface area contributed by atoms with Crippen LogP contribution in [0.5, 0.6) is 5.75 Å². The third-order valence-electron chi connectivity index (χ3n) is 3.75. The molecule has 5 heteroatoms. The molecule has 0 saturated carbocycles. The van der Waals surface area contributed by atoms with Crippen LogP contribution >= 0.6 is 15.9 Å². The molecule has 0 radical (unpaired) electrons. The number of hydrogen-bond donors (Lipinski definition) is 2. The Balaban J connectivity index is 1.99. The summed E-state index contributed by atoms with van der Waals surface area (Å²) in [4.78, 5) is 14.4. The first-order chi connectivity index (χ1) is 8.97. The summed E-state index contributed by atoms with van der Waals surface area (Å²) >= 11 is 3.20. The Morgan fingerprint density at radius 1 is 1.53 bits per heavy atom. The van der Waals surface area contributed by atoms with Gasteiger partial charge in [-0.25, -0.2) is 0 Å². The zero-order valence-corrected chi connectivity index (χ0v) is 12.8. The quantitative estimate of drug-likeness (QED) is 0.877. The number of nitrogens with zero attached hydrogens (tertiary/aromatic N) is 1. The predicted octanol–water partition coefficient (Wildman–Crippen LogP) is 2.37. The lowest BCUT2D eigenvalue weighted by Gasteiger charge is -2.35. The molecular weight excluding hydrogens is 308 g/mol. The number of aromatic hydroxyl groups is 1. The van der Waals surface area contributed by atoms with Crippen molar-refractivity contribution in [2.24, 2.45) is 0 Å². The van der Waals surface area contributed by atoms with Crippen LogP contribution in [0.15, 0.2) is 22.7 Å². The number of piperidine rings is 1. The standard InChI is InChI=1S/C14H19BrN2O2/c1-9-7-11(5-6-17(9)2)16-14(19)10-3-4-12(15)13(18)8-10/h3-4,8-9,11,18H,5-7H2,1-2H3,(H,16,19). The van der Waals surface area contributed by atoms with Gasteiger partial charge in [0.15, 0.2) is 0 Å². The molecule has 1 amide bonds. The van der Waals surface area contributed by atoms with Gasteiger partial charge >= 0.3 is 0 Å². The first-order valence-electron chi connectivity index (χ1n) is 6.47. The lowest BCUT2D eigenvalue weighted by Crippen LogP contribution is -2.47. The highest BCUT2D eigenvalue weighted by molar-refractivity contribution is 9.10. The zero-order valence-electron chi connectivity index (χ0n) is 11.2. The Hall–Kier alpha value is -1.07. The Kier molecular flexibility index (Phi) is 4.47. The minimum atomic E-state index is -0.121. The van der Waals surface area contributed by atoms with Crippen molar-refractivity contribution in [3.63, 3.8) is 0 Å². The van der Waals surface area contributed by atoms with E-state index < -0.39 is 0 Å². The summed E-state index contributed by atoms with van der Waals surface area (Å²) in [6.45, 7) is 3.17. The summed E-state index contributed by atoms with van der Waals surface area (Å²) in [6, 6.07) is 5.57. The molecule has 2 rings (SSSR count). The molecule has 2 atom stereocenters. The molecule has 0 aromatic heterocycles. The third-order valence-corrected chi connectivity index (χ3v) is 4.42. The molecule has 1 aromatic carbocycles.